The molecular weight excluding hydrogens is 332 g/mol. The van der Waals surface area contributed by atoms with E-state index in [1.807, 2.05) is 9.80 Å². The molecule has 2 aliphatic heterocycles. The summed E-state index contributed by atoms with van der Waals surface area (Å²) >= 11 is 0. The van der Waals surface area contributed by atoms with Crippen molar-refractivity contribution in [1.29, 1.82) is 0 Å². The van der Waals surface area contributed by atoms with Crippen molar-refractivity contribution in [3.8, 4) is 0 Å². The number of benzene rings is 1. The van der Waals surface area contributed by atoms with Crippen molar-refractivity contribution < 1.29 is 9.72 Å². The first-order valence-corrected chi connectivity index (χ1v) is 9.50. The second-order valence-corrected chi connectivity index (χ2v) is 7.64. The molecule has 0 aromatic heterocycles. The van der Waals surface area contributed by atoms with Gasteiger partial charge in [-0.25, -0.2) is 0 Å². The minimum Gasteiger partial charge on any atom is -0.366 e. The Bertz CT molecular complexity index is 663. The molecule has 0 atom stereocenters. The highest BCUT2D eigenvalue weighted by atomic mass is 16.6. The van der Waals surface area contributed by atoms with Crippen LogP contribution < -0.4 is 4.90 Å². The van der Waals surface area contributed by atoms with E-state index >= 15 is 0 Å². The number of amides is 1. The summed E-state index contributed by atoms with van der Waals surface area (Å²) in [7, 11) is 0. The first-order chi connectivity index (χ1) is 12.5. The van der Waals surface area contributed by atoms with E-state index in [0.717, 1.165) is 45.6 Å². The molecule has 2 fully saturated rings. The molecule has 7 nitrogen and oxygen atoms in total. The Balaban J connectivity index is 1.72. The lowest BCUT2D eigenvalue weighted by Gasteiger charge is -2.35. The number of nitrogens with zero attached hydrogens (tertiary/aromatic N) is 4. The number of carbonyl (C=O) groups is 1. The standard InChI is InChI=1S/C19H28N4O3/c1-15(2)14-20-9-11-22(12-10-20)19(24)16-5-6-17(18(13-16)23(25)26)21-7-3-4-8-21/h5-6,13,15H,3-4,7-12,14H2,1-2H3. The average molecular weight is 360 g/mol. The first-order valence-electron chi connectivity index (χ1n) is 9.50. The van der Waals surface area contributed by atoms with E-state index in [-0.39, 0.29) is 16.5 Å². The predicted octanol–water partition coefficient (Wildman–Crippen LogP) is 2.61. The van der Waals surface area contributed by atoms with E-state index in [2.05, 4.69) is 18.7 Å². The zero-order valence-electron chi connectivity index (χ0n) is 15.7. The smallest absolute Gasteiger partial charge is 0.293 e. The number of hydrogen-bond acceptors (Lipinski definition) is 5. The Kier molecular flexibility index (Phi) is 5.76. The van der Waals surface area contributed by atoms with Gasteiger partial charge in [-0.3, -0.25) is 19.8 Å². The van der Waals surface area contributed by atoms with Crippen LogP contribution in [0.15, 0.2) is 18.2 Å². The van der Waals surface area contributed by atoms with Crippen molar-refractivity contribution in [3.63, 3.8) is 0 Å². The lowest BCUT2D eigenvalue weighted by molar-refractivity contribution is -0.384. The van der Waals surface area contributed by atoms with Crippen LogP contribution in [0, 0.1) is 16.0 Å². The van der Waals surface area contributed by atoms with Crippen molar-refractivity contribution >= 4 is 17.3 Å². The van der Waals surface area contributed by atoms with Crippen molar-refractivity contribution in [3.05, 3.63) is 33.9 Å². The van der Waals surface area contributed by atoms with Crippen molar-refractivity contribution in [1.82, 2.24) is 9.80 Å². The lowest BCUT2D eigenvalue weighted by atomic mass is 10.1. The summed E-state index contributed by atoms with van der Waals surface area (Å²) in [6.07, 6.45) is 2.11. The summed E-state index contributed by atoms with van der Waals surface area (Å²) in [6.45, 7) is 10.2. The zero-order chi connectivity index (χ0) is 18.7. The summed E-state index contributed by atoms with van der Waals surface area (Å²) in [4.78, 5) is 30.2. The minimum atomic E-state index is -0.370. The number of rotatable bonds is 5. The molecule has 3 rings (SSSR count). The van der Waals surface area contributed by atoms with Gasteiger partial charge >= 0.3 is 0 Å². The summed E-state index contributed by atoms with van der Waals surface area (Å²) in [6, 6.07) is 4.94. The molecule has 0 aliphatic carbocycles. The molecule has 0 unspecified atom stereocenters. The fourth-order valence-electron chi connectivity index (χ4n) is 3.86. The first kappa shape index (κ1) is 18.6. The van der Waals surface area contributed by atoms with Gasteiger partial charge in [0.25, 0.3) is 11.6 Å². The van der Waals surface area contributed by atoms with Gasteiger partial charge in [0.2, 0.25) is 0 Å². The van der Waals surface area contributed by atoms with Crippen LogP contribution in [0.5, 0.6) is 0 Å². The van der Waals surface area contributed by atoms with Crippen LogP contribution in [-0.4, -0.2) is 66.4 Å². The normalized spacial score (nSPS) is 18.6. The molecule has 26 heavy (non-hydrogen) atoms. The highest BCUT2D eigenvalue weighted by Gasteiger charge is 2.27. The van der Waals surface area contributed by atoms with Gasteiger partial charge in [-0.1, -0.05) is 13.8 Å². The van der Waals surface area contributed by atoms with E-state index < -0.39 is 0 Å². The Hall–Kier alpha value is -2.15. The Morgan fingerprint density at radius 1 is 1.12 bits per heavy atom. The summed E-state index contributed by atoms with van der Waals surface area (Å²) < 4.78 is 0. The maximum absolute atomic E-state index is 12.8. The van der Waals surface area contributed by atoms with Crippen molar-refractivity contribution in [2.45, 2.75) is 26.7 Å². The van der Waals surface area contributed by atoms with Gasteiger partial charge in [-0.05, 0) is 30.9 Å². The Labute approximate surface area is 154 Å². The Morgan fingerprint density at radius 3 is 2.35 bits per heavy atom. The van der Waals surface area contributed by atoms with Crippen molar-refractivity contribution in [2.24, 2.45) is 5.92 Å². The van der Waals surface area contributed by atoms with Crippen LogP contribution in [0.3, 0.4) is 0 Å². The van der Waals surface area contributed by atoms with E-state index in [1.165, 1.54) is 6.07 Å². The van der Waals surface area contributed by atoms with Gasteiger partial charge in [-0.2, -0.15) is 0 Å². The number of piperazine rings is 1. The minimum absolute atomic E-state index is 0.0381. The van der Waals surface area contributed by atoms with E-state index in [0.29, 0.717) is 30.3 Å². The van der Waals surface area contributed by atoms with Crippen LogP contribution >= 0.6 is 0 Å². The monoisotopic (exact) mass is 360 g/mol. The van der Waals surface area contributed by atoms with Crippen molar-refractivity contribution in [2.75, 3.05) is 50.7 Å². The number of hydrogen-bond donors (Lipinski definition) is 0. The van der Waals surface area contributed by atoms with Crippen LogP contribution in [0.4, 0.5) is 11.4 Å². The summed E-state index contributed by atoms with van der Waals surface area (Å²) in [5, 5.41) is 11.5. The van der Waals surface area contributed by atoms with Gasteiger partial charge in [0, 0.05) is 57.4 Å². The molecule has 2 heterocycles. The highest BCUT2D eigenvalue weighted by molar-refractivity contribution is 5.96. The van der Waals surface area contributed by atoms with Gasteiger partial charge < -0.3 is 9.80 Å². The average Bonchev–Trinajstić information content (AvgIpc) is 3.15. The van der Waals surface area contributed by atoms with E-state index in [9.17, 15) is 14.9 Å². The molecule has 2 saturated heterocycles. The third kappa shape index (κ3) is 4.15. The molecule has 142 valence electrons. The molecule has 1 aromatic carbocycles. The maximum Gasteiger partial charge on any atom is 0.293 e. The largest absolute Gasteiger partial charge is 0.366 e. The molecule has 0 saturated carbocycles. The van der Waals surface area contributed by atoms with Crippen LogP contribution in [0.1, 0.15) is 37.0 Å². The van der Waals surface area contributed by atoms with Gasteiger partial charge in [0.15, 0.2) is 0 Å². The number of carbonyl (C=O) groups excluding carboxylic acids is 1. The number of nitro benzene ring substituents is 1. The third-order valence-electron chi connectivity index (χ3n) is 5.15. The van der Waals surface area contributed by atoms with E-state index in [1.54, 1.807) is 12.1 Å². The molecule has 2 aliphatic rings. The molecule has 0 radical (unpaired) electrons. The van der Waals surface area contributed by atoms with Crippen LogP contribution in [0.2, 0.25) is 0 Å². The molecule has 1 amide bonds. The lowest BCUT2D eigenvalue weighted by Crippen LogP contribution is -2.49. The molecule has 0 spiro atoms. The highest BCUT2D eigenvalue weighted by Crippen LogP contribution is 2.32. The fourth-order valence-corrected chi connectivity index (χ4v) is 3.86. The molecule has 7 heteroatoms. The molecular formula is C19H28N4O3. The van der Waals surface area contributed by atoms with Gasteiger partial charge in [0.1, 0.15) is 5.69 Å². The quantitative estimate of drug-likeness (QED) is 0.596. The third-order valence-corrected chi connectivity index (χ3v) is 5.15. The Morgan fingerprint density at radius 2 is 1.77 bits per heavy atom. The topological polar surface area (TPSA) is 69.9 Å². The van der Waals surface area contributed by atoms with Gasteiger partial charge in [0.05, 0.1) is 4.92 Å². The zero-order valence-corrected chi connectivity index (χ0v) is 15.7. The number of anilines is 1. The van der Waals surface area contributed by atoms with Crippen LogP contribution in [-0.2, 0) is 0 Å². The second-order valence-electron chi connectivity index (χ2n) is 7.64. The molecule has 0 N–H and O–H groups in total. The SMILES string of the molecule is CC(C)CN1CCN(C(=O)c2ccc(N3CCCC3)c([N+](=O)[O-])c2)CC1. The summed E-state index contributed by atoms with van der Waals surface area (Å²) in [5.41, 5.74) is 1.08. The van der Waals surface area contributed by atoms with E-state index in [4.69, 9.17) is 0 Å². The second kappa shape index (κ2) is 8.03. The fraction of sp³-hybridized carbons (Fsp3) is 0.632. The van der Waals surface area contributed by atoms with Gasteiger partial charge in [-0.15, -0.1) is 0 Å². The molecule has 0 bridgehead atoms. The maximum atomic E-state index is 12.8. The molecule has 1 aromatic rings. The summed E-state index contributed by atoms with van der Waals surface area (Å²) in [5.74, 6) is 0.503. The predicted molar refractivity (Wildman–Crippen MR) is 102 cm³/mol. The van der Waals surface area contributed by atoms with Crippen LogP contribution in [0.25, 0.3) is 0 Å². The number of nitro groups is 1.